The number of ether oxygens (including phenoxy) is 1. The number of hydrogen-bond acceptors (Lipinski definition) is 4. The van der Waals surface area contributed by atoms with Crippen LogP contribution in [0.15, 0.2) is 42.9 Å². The quantitative estimate of drug-likeness (QED) is 0.709. The second-order valence-corrected chi connectivity index (χ2v) is 6.79. The van der Waals surface area contributed by atoms with Crippen LogP contribution in [0, 0.1) is 5.82 Å². The molecule has 0 spiro atoms. The number of carbonyl (C=O) groups excluding carboxylic acids is 1. The fourth-order valence-corrected chi connectivity index (χ4v) is 3.41. The van der Waals surface area contributed by atoms with E-state index in [1.54, 1.807) is 24.5 Å². The highest BCUT2D eigenvalue weighted by Crippen LogP contribution is 2.31. The summed E-state index contributed by atoms with van der Waals surface area (Å²) in [7, 11) is 1.91. The van der Waals surface area contributed by atoms with E-state index in [-0.39, 0.29) is 17.8 Å². The molecule has 1 aliphatic heterocycles. The van der Waals surface area contributed by atoms with Crippen LogP contribution in [0.4, 0.5) is 4.39 Å². The summed E-state index contributed by atoms with van der Waals surface area (Å²) in [5.74, 6) is 0.385. The largest absolute Gasteiger partial charge is 0.368 e. The highest BCUT2D eigenvalue weighted by atomic mass is 19.1. The van der Waals surface area contributed by atoms with E-state index in [1.165, 1.54) is 12.1 Å². The summed E-state index contributed by atoms with van der Waals surface area (Å²) in [5.41, 5.74) is 2.54. The third-order valence-electron chi connectivity index (χ3n) is 4.87. The Morgan fingerprint density at radius 2 is 2.18 bits per heavy atom. The molecule has 8 heteroatoms. The second kappa shape index (κ2) is 7.93. The normalized spacial score (nSPS) is 16.4. The number of imidazole rings is 1. The van der Waals surface area contributed by atoms with Crippen molar-refractivity contribution < 1.29 is 13.9 Å². The van der Waals surface area contributed by atoms with Gasteiger partial charge in [-0.1, -0.05) is 12.1 Å². The smallest absolute Gasteiger partial charge is 0.249 e. The summed E-state index contributed by atoms with van der Waals surface area (Å²) in [6, 6.07) is 6.30. The molecule has 0 saturated carbocycles. The van der Waals surface area contributed by atoms with Crippen molar-refractivity contribution in [2.24, 2.45) is 7.05 Å². The number of carbonyl (C=O) groups is 1. The molecule has 0 bridgehead atoms. The molecule has 1 aliphatic rings. The van der Waals surface area contributed by atoms with Crippen molar-refractivity contribution in [2.75, 3.05) is 13.2 Å². The van der Waals surface area contributed by atoms with Gasteiger partial charge in [0.15, 0.2) is 5.82 Å². The summed E-state index contributed by atoms with van der Waals surface area (Å²) >= 11 is 0. The van der Waals surface area contributed by atoms with Gasteiger partial charge in [0.25, 0.3) is 0 Å². The van der Waals surface area contributed by atoms with Crippen LogP contribution < -0.4 is 5.32 Å². The zero-order valence-corrected chi connectivity index (χ0v) is 15.6. The minimum atomic E-state index is -0.346. The zero-order valence-electron chi connectivity index (χ0n) is 15.6. The van der Waals surface area contributed by atoms with Gasteiger partial charge in [0.2, 0.25) is 5.91 Å². The maximum absolute atomic E-state index is 13.3. The molecular weight excluding hydrogens is 361 g/mol. The molecule has 1 atom stereocenters. The van der Waals surface area contributed by atoms with Gasteiger partial charge in [-0.05, 0) is 30.5 Å². The minimum Gasteiger partial charge on any atom is -0.368 e. The highest BCUT2D eigenvalue weighted by Gasteiger charge is 2.23. The van der Waals surface area contributed by atoms with Crippen LogP contribution in [0.1, 0.15) is 12.8 Å². The molecule has 1 fully saturated rings. The number of benzene rings is 1. The molecule has 28 heavy (non-hydrogen) atoms. The van der Waals surface area contributed by atoms with Crippen LogP contribution in [0.25, 0.3) is 22.6 Å². The van der Waals surface area contributed by atoms with Gasteiger partial charge in [-0.15, -0.1) is 0 Å². The summed E-state index contributed by atoms with van der Waals surface area (Å²) in [4.78, 5) is 16.6. The van der Waals surface area contributed by atoms with E-state index < -0.39 is 0 Å². The second-order valence-electron chi connectivity index (χ2n) is 6.79. The number of aromatic nitrogens is 4. The lowest BCUT2D eigenvalue weighted by Gasteiger charge is -2.13. The number of hydrogen-bond donors (Lipinski definition) is 1. The van der Waals surface area contributed by atoms with Crippen molar-refractivity contribution in [1.29, 1.82) is 0 Å². The Labute approximate surface area is 162 Å². The number of rotatable bonds is 6. The summed E-state index contributed by atoms with van der Waals surface area (Å²) in [6.45, 7) is 1.56. The van der Waals surface area contributed by atoms with Crippen molar-refractivity contribution >= 4 is 5.91 Å². The van der Waals surface area contributed by atoms with E-state index in [9.17, 15) is 9.18 Å². The average Bonchev–Trinajstić information content (AvgIpc) is 3.43. The first-order chi connectivity index (χ1) is 13.6. The molecule has 1 unspecified atom stereocenters. The van der Waals surface area contributed by atoms with Gasteiger partial charge in [0.1, 0.15) is 17.6 Å². The monoisotopic (exact) mass is 383 g/mol. The Balaban J connectivity index is 1.57. The summed E-state index contributed by atoms with van der Waals surface area (Å²) in [5, 5.41) is 7.41. The molecular formula is C20H22FN5O2. The molecule has 7 nitrogen and oxygen atoms in total. The molecule has 0 aliphatic carbocycles. The lowest BCUT2D eigenvalue weighted by atomic mass is 10.1. The summed E-state index contributed by atoms with van der Waals surface area (Å²) < 4.78 is 22.5. The van der Waals surface area contributed by atoms with E-state index in [0.29, 0.717) is 19.7 Å². The first-order valence-corrected chi connectivity index (χ1v) is 9.32. The van der Waals surface area contributed by atoms with Crippen LogP contribution >= 0.6 is 0 Å². The molecule has 4 rings (SSSR count). The summed E-state index contributed by atoms with van der Waals surface area (Å²) in [6.07, 6.45) is 6.67. The van der Waals surface area contributed by atoms with Crippen LogP contribution in [0.3, 0.4) is 0 Å². The SMILES string of the molecule is Cn1ccnc1-c1c(-c2ccc(F)cc2)cnn1CCNC(=O)C1CCCO1. The number of halogens is 1. The number of nitrogens with one attached hydrogen (secondary N) is 1. The van der Waals surface area contributed by atoms with E-state index in [0.717, 1.165) is 35.5 Å². The number of amides is 1. The molecule has 3 heterocycles. The van der Waals surface area contributed by atoms with E-state index in [2.05, 4.69) is 15.4 Å². The van der Waals surface area contributed by atoms with E-state index >= 15 is 0 Å². The Morgan fingerprint density at radius 3 is 2.86 bits per heavy atom. The molecule has 1 N–H and O–H groups in total. The van der Waals surface area contributed by atoms with Crippen molar-refractivity contribution in [3.05, 3.63) is 48.7 Å². The van der Waals surface area contributed by atoms with Gasteiger partial charge in [-0.3, -0.25) is 9.48 Å². The molecule has 3 aromatic rings. The third kappa shape index (κ3) is 3.68. The Bertz CT molecular complexity index is 957. The maximum Gasteiger partial charge on any atom is 0.249 e. The van der Waals surface area contributed by atoms with Gasteiger partial charge in [-0.25, -0.2) is 9.37 Å². The van der Waals surface area contributed by atoms with Crippen LogP contribution in [-0.4, -0.2) is 44.5 Å². The van der Waals surface area contributed by atoms with Crippen LogP contribution in [0.2, 0.25) is 0 Å². The predicted octanol–water partition coefficient (Wildman–Crippen LogP) is 2.38. The lowest BCUT2D eigenvalue weighted by molar-refractivity contribution is -0.130. The van der Waals surface area contributed by atoms with E-state index in [1.807, 2.05) is 22.5 Å². The Hall–Kier alpha value is -3.00. The first-order valence-electron chi connectivity index (χ1n) is 9.32. The first kappa shape index (κ1) is 18.4. The van der Waals surface area contributed by atoms with E-state index in [4.69, 9.17) is 4.74 Å². The standard InChI is InChI=1S/C20H22FN5O2/c1-25-10-8-22-19(25)18-16(14-4-6-15(21)7-5-14)13-24-26(18)11-9-23-20(27)17-3-2-12-28-17/h4-8,10,13,17H,2-3,9,11-12H2,1H3,(H,23,27). The van der Waals surface area contributed by atoms with Gasteiger partial charge in [0.05, 0.1) is 12.7 Å². The third-order valence-corrected chi connectivity index (χ3v) is 4.87. The number of aryl methyl sites for hydroxylation is 1. The molecule has 1 saturated heterocycles. The zero-order chi connectivity index (χ0) is 19.5. The Morgan fingerprint density at radius 1 is 1.36 bits per heavy atom. The van der Waals surface area contributed by atoms with Crippen molar-refractivity contribution in [1.82, 2.24) is 24.6 Å². The molecule has 0 radical (unpaired) electrons. The minimum absolute atomic E-state index is 0.0815. The van der Waals surface area contributed by atoms with Gasteiger partial charge >= 0.3 is 0 Å². The van der Waals surface area contributed by atoms with Crippen LogP contribution in [-0.2, 0) is 23.1 Å². The molecule has 146 valence electrons. The van der Waals surface area contributed by atoms with Gasteiger partial charge in [0, 0.05) is 38.2 Å². The van der Waals surface area contributed by atoms with Gasteiger partial charge < -0.3 is 14.6 Å². The van der Waals surface area contributed by atoms with Gasteiger partial charge in [-0.2, -0.15) is 5.10 Å². The predicted molar refractivity (Wildman–Crippen MR) is 102 cm³/mol. The highest BCUT2D eigenvalue weighted by molar-refractivity contribution is 5.81. The molecule has 1 amide bonds. The maximum atomic E-state index is 13.3. The van der Waals surface area contributed by atoms with Crippen LogP contribution in [0.5, 0.6) is 0 Å². The number of nitrogens with zero attached hydrogens (tertiary/aromatic N) is 4. The fraction of sp³-hybridized carbons (Fsp3) is 0.350. The molecule has 2 aromatic heterocycles. The fourth-order valence-electron chi connectivity index (χ4n) is 3.41. The average molecular weight is 383 g/mol. The topological polar surface area (TPSA) is 74.0 Å². The Kier molecular flexibility index (Phi) is 5.21. The lowest BCUT2D eigenvalue weighted by Crippen LogP contribution is -2.36. The van der Waals surface area contributed by atoms with Crippen molar-refractivity contribution in [2.45, 2.75) is 25.5 Å². The molecule has 1 aromatic carbocycles. The van der Waals surface area contributed by atoms with Crippen molar-refractivity contribution in [3.8, 4) is 22.6 Å². The van der Waals surface area contributed by atoms with Crippen molar-refractivity contribution in [3.63, 3.8) is 0 Å².